The van der Waals surface area contributed by atoms with Gasteiger partial charge in [-0.3, -0.25) is 0 Å². The van der Waals surface area contributed by atoms with E-state index in [0.29, 0.717) is 10.4 Å². The van der Waals surface area contributed by atoms with Crippen LogP contribution in [0.5, 0.6) is 0 Å². The Balaban J connectivity index is 1.82. The van der Waals surface area contributed by atoms with E-state index >= 15 is 0 Å². The van der Waals surface area contributed by atoms with Crippen molar-refractivity contribution in [2.45, 2.75) is 0 Å². The second-order valence-electron chi connectivity index (χ2n) is 5.86. The third-order valence-electron chi connectivity index (χ3n) is 3.94. The smallest absolute Gasteiger partial charge is 0.211 e. The summed E-state index contributed by atoms with van der Waals surface area (Å²) in [5.74, 6) is -0.385. The summed E-state index contributed by atoms with van der Waals surface area (Å²) in [6.07, 6.45) is 1.69. The first-order valence-corrected chi connectivity index (χ1v) is 10.9. The van der Waals surface area contributed by atoms with Crippen molar-refractivity contribution >= 4 is 50.5 Å². The highest BCUT2D eigenvalue weighted by molar-refractivity contribution is 9.11. The SMILES string of the molecule is N#Cc1ccc(/C=N/n2c(-c3ccc(Br)s3)csc2=Nc2ccccc2F)cc1. The Morgan fingerprint density at radius 2 is 1.86 bits per heavy atom. The van der Waals surface area contributed by atoms with E-state index in [1.54, 1.807) is 52.6 Å². The molecule has 8 heteroatoms. The maximum atomic E-state index is 14.1. The van der Waals surface area contributed by atoms with Gasteiger partial charge in [0, 0.05) is 5.38 Å². The third kappa shape index (κ3) is 4.43. The first-order chi connectivity index (χ1) is 14.1. The van der Waals surface area contributed by atoms with Gasteiger partial charge in [-0.15, -0.1) is 22.7 Å². The van der Waals surface area contributed by atoms with Crippen LogP contribution in [0.3, 0.4) is 0 Å². The summed E-state index contributed by atoms with van der Waals surface area (Å²) in [6.45, 7) is 0. The molecule has 0 fully saturated rings. The molecule has 0 aliphatic rings. The number of nitriles is 1. The van der Waals surface area contributed by atoms with E-state index in [1.807, 2.05) is 29.6 Å². The third-order valence-corrected chi connectivity index (χ3v) is 6.40. The number of nitrogens with zero attached hydrogens (tertiary/aromatic N) is 4. The van der Waals surface area contributed by atoms with Crippen molar-refractivity contribution in [1.82, 2.24) is 4.68 Å². The lowest BCUT2D eigenvalue weighted by molar-refractivity contribution is 0.628. The van der Waals surface area contributed by atoms with Crippen LogP contribution in [0.15, 0.2) is 79.9 Å². The van der Waals surface area contributed by atoms with E-state index in [-0.39, 0.29) is 11.5 Å². The Bertz CT molecular complexity index is 1290. The molecule has 4 nitrogen and oxygen atoms in total. The summed E-state index contributed by atoms with van der Waals surface area (Å²) in [4.78, 5) is 6.04. The number of hydrogen-bond donors (Lipinski definition) is 0. The zero-order valence-corrected chi connectivity index (χ0v) is 18.0. The maximum absolute atomic E-state index is 14.1. The number of rotatable bonds is 4. The molecule has 0 bridgehead atoms. The van der Waals surface area contributed by atoms with Gasteiger partial charge >= 0.3 is 0 Å². The summed E-state index contributed by atoms with van der Waals surface area (Å²) in [5, 5.41) is 15.5. The number of halogens is 2. The average molecular weight is 483 g/mol. The normalized spacial score (nSPS) is 11.8. The molecule has 0 radical (unpaired) electrons. The number of aromatic nitrogens is 1. The molecule has 0 atom stereocenters. The van der Waals surface area contributed by atoms with E-state index in [0.717, 1.165) is 19.9 Å². The molecule has 0 aliphatic heterocycles. The van der Waals surface area contributed by atoms with Crippen LogP contribution in [-0.2, 0) is 0 Å². The minimum Gasteiger partial charge on any atom is -0.217 e. The second kappa shape index (κ2) is 8.66. The molecule has 4 rings (SSSR count). The highest BCUT2D eigenvalue weighted by atomic mass is 79.9. The summed E-state index contributed by atoms with van der Waals surface area (Å²) >= 11 is 6.46. The standard InChI is InChI=1S/C21H12BrFN4S2/c22-20-10-9-19(29-20)18-13-28-21(26-17-4-2-1-3-16(17)23)27(18)25-12-15-7-5-14(11-24)6-8-15/h1-10,12-13H/b25-12+,26-21?. The van der Waals surface area contributed by atoms with Gasteiger partial charge in [0.25, 0.3) is 0 Å². The first kappa shape index (κ1) is 19.5. The quantitative estimate of drug-likeness (QED) is 0.321. The molecular formula is C21H12BrFN4S2. The number of hydrogen-bond acceptors (Lipinski definition) is 5. The summed E-state index contributed by atoms with van der Waals surface area (Å²) in [7, 11) is 0. The van der Waals surface area contributed by atoms with Gasteiger partial charge in [0.05, 0.1) is 32.2 Å². The van der Waals surface area contributed by atoms with Crippen LogP contribution in [0.4, 0.5) is 10.1 Å². The molecule has 0 saturated heterocycles. The van der Waals surface area contributed by atoms with Crippen LogP contribution in [0.1, 0.15) is 11.1 Å². The van der Waals surface area contributed by atoms with Crippen LogP contribution in [0.25, 0.3) is 10.6 Å². The van der Waals surface area contributed by atoms with Gasteiger partial charge in [0.2, 0.25) is 4.80 Å². The van der Waals surface area contributed by atoms with Crippen LogP contribution < -0.4 is 4.80 Å². The molecule has 0 aliphatic carbocycles. The molecule has 0 spiro atoms. The van der Waals surface area contributed by atoms with Crippen molar-refractivity contribution in [3.05, 3.63) is 91.6 Å². The van der Waals surface area contributed by atoms with Crippen molar-refractivity contribution in [2.24, 2.45) is 10.1 Å². The zero-order chi connectivity index (χ0) is 20.2. The van der Waals surface area contributed by atoms with Crippen LogP contribution in [-0.4, -0.2) is 10.9 Å². The van der Waals surface area contributed by atoms with Gasteiger partial charge in [-0.25, -0.2) is 14.1 Å². The van der Waals surface area contributed by atoms with Crippen molar-refractivity contribution in [3.8, 4) is 16.6 Å². The van der Waals surface area contributed by atoms with Gasteiger partial charge in [0.15, 0.2) is 0 Å². The fourth-order valence-corrected chi connectivity index (χ4v) is 4.83. The van der Waals surface area contributed by atoms with E-state index in [4.69, 9.17) is 5.26 Å². The summed E-state index contributed by atoms with van der Waals surface area (Å²) < 4.78 is 16.8. The van der Waals surface area contributed by atoms with E-state index < -0.39 is 0 Å². The number of para-hydroxylation sites is 1. The molecule has 0 unspecified atom stereocenters. The predicted molar refractivity (Wildman–Crippen MR) is 119 cm³/mol. The van der Waals surface area contributed by atoms with Gasteiger partial charge in [-0.05, 0) is 57.9 Å². The van der Waals surface area contributed by atoms with E-state index in [1.165, 1.54) is 17.4 Å². The fraction of sp³-hybridized carbons (Fsp3) is 0. The van der Waals surface area contributed by atoms with Crippen molar-refractivity contribution < 1.29 is 4.39 Å². The highest BCUT2D eigenvalue weighted by Crippen LogP contribution is 2.31. The van der Waals surface area contributed by atoms with Gasteiger partial charge in [-0.1, -0.05) is 24.3 Å². The van der Waals surface area contributed by atoms with Gasteiger partial charge in [-0.2, -0.15) is 10.4 Å². The summed E-state index contributed by atoms with van der Waals surface area (Å²) in [6, 6.07) is 19.6. The molecule has 0 amide bonds. The largest absolute Gasteiger partial charge is 0.217 e. The lowest BCUT2D eigenvalue weighted by atomic mass is 10.2. The Morgan fingerprint density at radius 3 is 2.55 bits per heavy atom. The Morgan fingerprint density at radius 1 is 1.07 bits per heavy atom. The Labute approximate surface area is 182 Å². The van der Waals surface area contributed by atoms with E-state index in [2.05, 4.69) is 32.1 Å². The van der Waals surface area contributed by atoms with Crippen LogP contribution in [0, 0.1) is 17.1 Å². The van der Waals surface area contributed by atoms with Crippen molar-refractivity contribution in [2.75, 3.05) is 0 Å². The lowest BCUT2D eigenvalue weighted by Gasteiger charge is -2.01. The molecule has 142 valence electrons. The molecule has 0 saturated carbocycles. The minimum atomic E-state index is -0.385. The number of thiazole rings is 1. The van der Waals surface area contributed by atoms with Crippen LogP contribution in [0.2, 0.25) is 0 Å². The number of thiophene rings is 1. The zero-order valence-electron chi connectivity index (χ0n) is 14.8. The molecule has 2 aromatic carbocycles. The predicted octanol–water partition coefficient (Wildman–Crippen LogP) is 6.17. The number of benzene rings is 2. The average Bonchev–Trinajstić information content (AvgIpc) is 3.34. The molecule has 0 N–H and O–H groups in total. The minimum absolute atomic E-state index is 0.260. The van der Waals surface area contributed by atoms with Crippen LogP contribution >= 0.6 is 38.6 Å². The van der Waals surface area contributed by atoms with Gasteiger partial charge in [0.1, 0.15) is 11.5 Å². The lowest BCUT2D eigenvalue weighted by Crippen LogP contribution is -2.11. The Kier molecular flexibility index (Phi) is 5.81. The monoisotopic (exact) mass is 482 g/mol. The molecule has 29 heavy (non-hydrogen) atoms. The maximum Gasteiger partial charge on any atom is 0.211 e. The highest BCUT2D eigenvalue weighted by Gasteiger charge is 2.10. The van der Waals surface area contributed by atoms with Crippen molar-refractivity contribution in [3.63, 3.8) is 0 Å². The molecule has 4 aromatic rings. The molecule has 2 heterocycles. The molecular weight excluding hydrogens is 471 g/mol. The Hall–Kier alpha value is -2.86. The van der Waals surface area contributed by atoms with E-state index in [9.17, 15) is 4.39 Å². The first-order valence-electron chi connectivity index (χ1n) is 8.44. The summed E-state index contributed by atoms with van der Waals surface area (Å²) in [5.41, 5.74) is 2.56. The molecule has 2 aromatic heterocycles. The van der Waals surface area contributed by atoms with Crippen molar-refractivity contribution in [1.29, 1.82) is 5.26 Å². The topological polar surface area (TPSA) is 53.4 Å². The van der Waals surface area contributed by atoms with Gasteiger partial charge < -0.3 is 0 Å². The fourth-order valence-electron chi connectivity index (χ4n) is 2.52. The second-order valence-corrected chi connectivity index (χ2v) is 9.16.